The van der Waals surface area contributed by atoms with Crippen molar-refractivity contribution in [2.24, 2.45) is 0 Å². The van der Waals surface area contributed by atoms with Crippen LogP contribution in [0.4, 0.5) is 0 Å². The average Bonchev–Trinajstić information content (AvgIpc) is 2.45. The van der Waals surface area contributed by atoms with Gasteiger partial charge in [0.2, 0.25) is 0 Å². The molecule has 0 N–H and O–H groups in total. The van der Waals surface area contributed by atoms with Gasteiger partial charge in [0, 0.05) is 36.7 Å². The second kappa shape index (κ2) is 7.07. The number of benzene rings is 1. The number of halogens is 2. The fourth-order valence-electron chi connectivity index (χ4n) is 2.45. The van der Waals surface area contributed by atoms with Crippen LogP contribution in [0.5, 0.6) is 5.75 Å². The summed E-state index contributed by atoms with van der Waals surface area (Å²) in [6.45, 7) is 9.80. The Bertz CT molecular complexity index is 535. The van der Waals surface area contributed by atoms with E-state index in [-0.39, 0.29) is 18.1 Å². The van der Waals surface area contributed by atoms with Gasteiger partial charge in [0.1, 0.15) is 5.75 Å². The van der Waals surface area contributed by atoms with Crippen LogP contribution in [0.1, 0.15) is 20.8 Å². The zero-order valence-corrected chi connectivity index (χ0v) is 14.7. The minimum atomic E-state index is -0.0143. The first-order chi connectivity index (χ1) is 10.3. The Morgan fingerprint density at radius 3 is 2.36 bits per heavy atom. The normalized spacial score (nSPS) is 16.7. The maximum atomic E-state index is 12.2. The standard InChI is InChI=1S/C16H22Cl2N2O2/c1-16(2,3)20-8-6-19(7-9-20)15(21)11-22-14-5-4-12(17)10-13(14)18/h4-5,10H,6-9,11H2,1-3H3. The molecule has 1 amide bonds. The Labute approximate surface area is 141 Å². The highest BCUT2D eigenvalue weighted by Crippen LogP contribution is 2.27. The van der Waals surface area contributed by atoms with E-state index in [9.17, 15) is 4.79 Å². The van der Waals surface area contributed by atoms with Gasteiger partial charge < -0.3 is 9.64 Å². The summed E-state index contributed by atoms with van der Waals surface area (Å²) in [7, 11) is 0. The van der Waals surface area contributed by atoms with Gasteiger partial charge in [-0.2, -0.15) is 0 Å². The Hall–Kier alpha value is -0.970. The molecular weight excluding hydrogens is 323 g/mol. The molecule has 122 valence electrons. The molecule has 22 heavy (non-hydrogen) atoms. The molecule has 2 rings (SSSR count). The zero-order valence-electron chi connectivity index (χ0n) is 13.2. The number of carbonyl (C=O) groups excluding carboxylic acids is 1. The van der Waals surface area contributed by atoms with Crippen molar-refractivity contribution >= 4 is 29.1 Å². The van der Waals surface area contributed by atoms with Gasteiger partial charge in [-0.05, 0) is 39.0 Å². The molecule has 1 aliphatic rings. The SMILES string of the molecule is CC(C)(C)N1CCN(C(=O)COc2ccc(Cl)cc2Cl)CC1. The van der Waals surface area contributed by atoms with E-state index in [1.54, 1.807) is 18.2 Å². The third-order valence-electron chi connectivity index (χ3n) is 3.83. The Morgan fingerprint density at radius 1 is 1.18 bits per heavy atom. The lowest BCUT2D eigenvalue weighted by Crippen LogP contribution is -2.55. The van der Waals surface area contributed by atoms with Crippen LogP contribution in [-0.4, -0.2) is 54.0 Å². The molecule has 0 spiro atoms. The van der Waals surface area contributed by atoms with Crippen LogP contribution in [-0.2, 0) is 4.79 Å². The van der Waals surface area contributed by atoms with Crippen LogP contribution in [0.3, 0.4) is 0 Å². The van der Waals surface area contributed by atoms with Crippen molar-refractivity contribution in [1.82, 2.24) is 9.80 Å². The summed E-state index contributed by atoms with van der Waals surface area (Å²) in [5.74, 6) is 0.465. The summed E-state index contributed by atoms with van der Waals surface area (Å²) < 4.78 is 5.51. The predicted molar refractivity (Wildman–Crippen MR) is 89.9 cm³/mol. The molecule has 0 aliphatic carbocycles. The van der Waals surface area contributed by atoms with Gasteiger partial charge in [-0.3, -0.25) is 9.69 Å². The molecular formula is C16H22Cl2N2O2. The van der Waals surface area contributed by atoms with Crippen LogP contribution in [0.15, 0.2) is 18.2 Å². The monoisotopic (exact) mass is 344 g/mol. The smallest absolute Gasteiger partial charge is 0.260 e. The number of amides is 1. The molecule has 0 atom stereocenters. The van der Waals surface area contributed by atoms with E-state index < -0.39 is 0 Å². The molecule has 0 radical (unpaired) electrons. The minimum Gasteiger partial charge on any atom is -0.482 e. The Kier molecular flexibility index (Phi) is 5.59. The largest absolute Gasteiger partial charge is 0.482 e. The fourth-order valence-corrected chi connectivity index (χ4v) is 2.91. The zero-order chi connectivity index (χ0) is 16.3. The van der Waals surface area contributed by atoms with Crippen molar-refractivity contribution in [2.75, 3.05) is 32.8 Å². The maximum absolute atomic E-state index is 12.2. The number of hydrogen-bond donors (Lipinski definition) is 0. The molecule has 0 saturated carbocycles. The summed E-state index contributed by atoms with van der Waals surface area (Å²) in [6, 6.07) is 4.97. The first-order valence-corrected chi connectivity index (χ1v) is 8.13. The summed E-state index contributed by atoms with van der Waals surface area (Å²) in [5, 5.41) is 0.958. The molecule has 0 aromatic heterocycles. The minimum absolute atomic E-state index is 0.00310. The lowest BCUT2D eigenvalue weighted by Gasteiger charge is -2.42. The van der Waals surface area contributed by atoms with Crippen LogP contribution in [0, 0.1) is 0 Å². The van der Waals surface area contributed by atoms with Crippen molar-refractivity contribution in [2.45, 2.75) is 26.3 Å². The molecule has 0 bridgehead atoms. The molecule has 6 heteroatoms. The number of nitrogens with zero attached hydrogens (tertiary/aromatic N) is 2. The second-order valence-corrected chi connectivity index (χ2v) is 7.25. The van der Waals surface area contributed by atoms with Gasteiger partial charge in [-0.1, -0.05) is 23.2 Å². The summed E-state index contributed by atoms with van der Waals surface area (Å²) >= 11 is 11.9. The highest BCUT2D eigenvalue weighted by molar-refractivity contribution is 6.35. The lowest BCUT2D eigenvalue weighted by molar-refractivity contribution is -0.135. The molecule has 1 fully saturated rings. The van der Waals surface area contributed by atoms with Crippen LogP contribution >= 0.6 is 23.2 Å². The molecule has 1 saturated heterocycles. The summed E-state index contributed by atoms with van der Waals surface area (Å²) in [6.07, 6.45) is 0. The van der Waals surface area contributed by atoms with Crippen LogP contribution < -0.4 is 4.74 Å². The van der Waals surface area contributed by atoms with Crippen molar-refractivity contribution in [3.63, 3.8) is 0 Å². The molecule has 4 nitrogen and oxygen atoms in total. The quantitative estimate of drug-likeness (QED) is 0.843. The average molecular weight is 345 g/mol. The molecule has 0 unspecified atom stereocenters. The van der Waals surface area contributed by atoms with E-state index in [2.05, 4.69) is 25.7 Å². The number of ether oxygens (including phenoxy) is 1. The topological polar surface area (TPSA) is 32.8 Å². The lowest BCUT2D eigenvalue weighted by atomic mass is 10.1. The van der Waals surface area contributed by atoms with Crippen LogP contribution in [0.25, 0.3) is 0 Å². The highest BCUT2D eigenvalue weighted by atomic mass is 35.5. The van der Waals surface area contributed by atoms with E-state index >= 15 is 0 Å². The number of rotatable bonds is 3. The van der Waals surface area contributed by atoms with Crippen molar-refractivity contribution < 1.29 is 9.53 Å². The van der Waals surface area contributed by atoms with Crippen molar-refractivity contribution in [3.8, 4) is 5.75 Å². The van der Waals surface area contributed by atoms with E-state index in [4.69, 9.17) is 27.9 Å². The Morgan fingerprint density at radius 2 is 1.82 bits per heavy atom. The summed E-state index contributed by atoms with van der Waals surface area (Å²) in [4.78, 5) is 16.4. The summed E-state index contributed by atoms with van der Waals surface area (Å²) in [5.41, 5.74) is 0.141. The van der Waals surface area contributed by atoms with Gasteiger partial charge in [0.25, 0.3) is 5.91 Å². The fraction of sp³-hybridized carbons (Fsp3) is 0.562. The van der Waals surface area contributed by atoms with Gasteiger partial charge in [-0.25, -0.2) is 0 Å². The number of carbonyl (C=O) groups is 1. The molecule has 1 heterocycles. The van der Waals surface area contributed by atoms with E-state index in [0.29, 0.717) is 15.8 Å². The van der Waals surface area contributed by atoms with Crippen molar-refractivity contribution in [1.29, 1.82) is 0 Å². The van der Waals surface area contributed by atoms with Gasteiger partial charge in [0.05, 0.1) is 5.02 Å². The van der Waals surface area contributed by atoms with E-state index in [1.807, 2.05) is 4.90 Å². The second-order valence-electron chi connectivity index (χ2n) is 6.40. The molecule has 1 aromatic carbocycles. The van der Waals surface area contributed by atoms with Gasteiger partial charge in [0.15, 0.2) is 6.61 Å². The van der Waals surface area contributed by atoms with Crippen molar-refractivity contribution in [3.05, 3.63) is 28.2 Å². The number of hydrogen-bond acceptors (Lipinski definition) is 3. The predicted octanol–water partition coefficient (Wildman–Crippen LogP) is 3.31. The third-order valence-corrected chi connectivity index (χ3v) is 4.36. The first-order valence-electron chi connectivity index (χ1n) is 7.38. The van der Waals surface area contributed by atoms with Gasteiger partial charge >= 0.3 is 0 Å². The number of piperazine rings is 1. The first kappa shape index (κ1) is 17.4. The van der Waals surface area contributed by atoms with Gasteiger partial charge in [-0.15, -0.1) is 0 Å². The maximum Gasteiger partial charge on any atom is 0.260 e. The Balaban J connectivity index is 1.84. The van der Waals surface area contributed by atoms with E-state index in [0.717, 1.165) is 26.2 Å². The molecule has 1 aliphatic heterocycles. The molecule has 1 aromatic rings. The van der Waals surface area contributed by atoms with Crippen LogP contribution in [0.2, 0.25) is 10.0 Å². The third kappa shape index (κ3) is 4.51. The highest BCUT2D eigenvalue weighted by Gasteiger charge is 2.27. The van der Waals surface area contributed by atoms with E-state index in [1.165, 1.54) is 0 Å².